The second-order valence-electron chi connectivity index (χ2n) is 7.26. The minimum absolute atomic E-state index is 0.179. The van der Waals surface area contributed by atoms with E-state index >= 15 is 0 Å². The van der Waals surface area contributed by atoms with Crippen LogP contribution in [0.2, 0.25) is 5.02 Å². The second kappa shape index (κ2) is 6.74. The maximum Gasteiger partial charge on any atom is 0.332 e. The molecule has 7 nitrogen and oxygen atoms in total. The molecule has 0 unspecified atom stereocenters. The zero-order valence-electron chi connectivity index (χ0n) is 16.3. The Kier molecular flexibility index (Phi) is 4.15. The molecule has 0 spiro atoms. The van der Waals surface area contributed by atoms with E-state index in [9.17, 15) is 9.59 Å². The second-order valence-corrected chi connectivity index (χ2v) is 7.70. The molecular formula is C22H17ClN4O3. The van der Waals surface area contributed by atoms with E-state index < -0.39 is 11.2 Å². The van der Waals surface area contributed by atoms with Crippen molar-refractivity contribution < 1.29 is 4.42 Å². The number of oxazole rings is 1. The first-order valence-electron chi connectivity index (χ1n) is 9.35. The predicted molar refractivity (Wildman–Crippen MR) is 115 cm³/mol. The van der Waals surface area contributed by atoms with Crippen LogP contribution in [0, 0.1) is 6.92 Å². The summed E-state index contributed by atoms with van der Waals surface area (Å²) < 4.78 is 10.0. The van der Waals surface area contributed by atoms with Gasteiger partial charge >= 0.3 is 11.5 Å². The van der Waals surface area contributed by atoms with Gasteiger partial charge in [0.05, 0.1) is 12.7 Å². The molecule has 5 aromatic rings. The summed E-state index contributed by atoms with van der Waals surface area (Å²) in [7, 11) is 1.60. The number of aromatic nitrogens is 4. The maximum atomic E-state index is 13.3. The summed E-state index contributed by atoms with van der Waals surface area (Å²) in [6.45, 7) is 2.15. The van der Waals surface area contributed by atoms with Gasteiger partial charge in [0.2, 0.25) is 0 Å². The van der Waals surface area contributed by atoms with Crippen LogP contribution in [0.5, 0.6) is 0 Å². The largest absolute Gasteiger partial charge is 0.423 e. The van der Waals surface area contributed by atoms with Crippen molar-refractivity contribution in [3.8, 4) is 11.3 Å². The molecule has 30 heavy (non-hydrogen) atoms. The molecule has 0 atom stereocenters. The Morgan fingerprint density at radius 3 is 2.60 bits per heavy atom. The van der Waals surface area contributed by atoms with Gasteiger partial charge in [-0.2, -0.15) is 4.98 Å². The highest BCUT2D eigenvalue weighted by Crippen LogP contribution is 2.25. The normalized spacial score (nSPS) is 11.6. The van der Waals surface area contributed by atoms with Gasteiger partial charge in [0, 0.05) is 17.6 Å². The van der Waals surface area contributed by atoms with Crippen LogP contribution in [0.1, 0.15) is 11.1 Å². The molecule has 0 amide bonds. The van der Waals surface area contributed by atoms with Gasteiger partial charge in [0.25, 0.3) is 5.56 Å². The van der Waals surface area contributed by atoms with Gasteiger partial charge in [-0.15, -0.1) is 0 Å². The van der Waals surface area contributed by atoms with E-state index in [4.69, 9.17) is 16.0 Å². The molecule has 5 rings (SSSR count). The van der Waals surface area contributed by atoms with Gasteiger partial charge in [-0.1, -0.05) is 41.4 Å². The Hall–Kier alpha value is -3.58. The zero-order chi connectivity index (χ0) is 21.0. The summed E-state index contributed by atoms with van der Waals surface area (Å²) in [6, 6.07) is 14.9. The first-order valence-corrected chi connectivity index (χ1v) is 9.73. The first kappa shape index (κ1) is 18.4. The van der Waals surface area contributed by atoms with Crippen LogP contribution in [-0.4, -0.2) is 18.5 Å². The Balaban J connectivity index is 1.72. The summed E-state index contributed by atoms with van der Waals surface area (Å²) in [5.74, 6) is 0.796. The minimum Gasteiger partial charge on any atom is -0.423 e. The highest BCUT2D eigenvalue weighted by molar-refractivity contribution is 6.30. The number of rotatable bonds is 3. The fraction of sp³-hybridized carbons (Fsp3) is 0.136. The van der Waals surface area contributed by atoms with Gasteiger partial charge < -0.3 is 4.42 Å². The average Bonchev–Trinajstić information content (AvgIpc) is 3.28. The smallest absolute Gasteiger partial charge is 0.332 e. The van der Waals surface area contributed by atoms with E-state index in [1.54, 1.807) is 29.8 Å². The lowest BCUT2D eigenvalue weighted by Crippen LogP contribution is -2.39. The molecule has 0 saturated heterocycles. The van der Waals surface area contributed by atoms with Crippen LogP contribution in [0.4, 0.5) is 0 Å². The van der Waals surface area contributed by atoms with E-state index in [1.165, 1.54) is 9.13 Å². The van der Waals surface area contributed by atoms with Crippen molar-refractivity contribution in [2.75, 3.05) is 0 Å². The zero-order valence-corrected chi connectivity index (χ0v) is 17.1. The highest BCUT2D eigenvalue weighted by Gasteiger charge is 2.20. The third-order valence-corrected chi connectivity index (χ3v) is 5.40. The molecule has 2 aromatic carbocycles. The molecular weight excluding hydrogens is 404 g/mol. The Morgan fingerprint density at radius 1 is 1.10 bits per heavy atom. The van der Waals surface area contributed by atoms with Gasteiger partial charge in [-0.3, -0.25) is 18.3 Å². The molecule has 3 heterocycles. The topological polar surface area (TPSA) is 74.4 Å². The predicted octanol–water partition coefficient (Wildman–Crippen LogP) is 3.62. The molecule has 0 aliphatic heterocycles. The number of hydrogen-bond acceptors (Lipinski definition) is 4. The number of imidazole rings is 1. The van der Waals surface area contributed by atoms with Gasteiger partial charge in [0.1, 0.15) is 0 Å². The lowest BCUT2D eigenvalue weighted by molar-refractivity contribution is 0.610. The molecule has 0 bridgehead atoms. The Bertz CT molecular complexity index is 1540. The van der Waals surface area contributed by atoms with Crippen molar-refractivity contribution in [1.29, 1.82) is 0 Å². The Morgan fingerprint density at radius 2 is 1.87 bits per heavy atom. The molecule has 8 heteroatoms. The number of fused-ring (bicyclic) bond motifs is 3. The van der Waals surface area contributed by atoms with Gasteiger partial charge in [-0.05, 0) is 36.8 Å². The fourth-order valence-electron chi connectivity index (χ4n) is 3.63. The summed E-state index contributed by atoms with van der Waals surface area (Å²) in [6.07, 6.45) is 1.71. The van der Waals surface area contributed by atoms with Crippen molar-refractivity contribution >= 4 is 28.6 Å². The quantitative estimate of drug-likeness (QED) is 0.447. The fourth-order valence-corrected chi connectivity index (χ4v) is 3.76. The first-order chi connectivity index (χ1) is 14.4. The number of aryl methyl sites for hydroxylation is 2. The monoisotopic (exact) mass is 420 g/mol. The number of hydrogen-bond donors (Lipinski definition) is 0. The van der Waals surface area contributed by atoms with Crippen molar-refractivity contribution in [1.82, 2.24) is 18.5 Å². The molecule has 0 aliphatic carbocycles. The molecule has 0 aliphatic rings. The summed E-state index contributed by atoms with van der Waals surface area (Å²) >= 11 is 5.96. The van der Waals surface area contributed by atoms with Crippen molar-refractivity contribution in [3.63, 3.8) is 0 Å². The molecule has 150 valence electrons. The van der Waals surface area contributed by atoms with Crippen molar-refractivity contribution in [3.05, 3.63) is 91.7 Å². The van der Waals surface area contributed by atoms with E-state index in [0.29, 0.717) is 16.3 Å². The van der Waals surface area contributed by atoms with Crippen LogP contribution < -0.4 is 11.2 Å². The summed E-state index contributed by atoms with van der Waals surface area (Å²) in [5.41, 5.74) is 2.49. The van der Waals surface area contributed by atoms with Crippen molar-refractivity contribution in [2.24, 2.45) is 7.05 Å². The molecule has 3 aromatic heterocycles. The maximum absolute atomic E-state index is 13.3. The van der Waals surface area contributed by atoms with E-state index in [2.05, 4.69) is 4.98 Å². The van der Waals surface area contributed by atoms with Crippen LogP contribution >= 0.6 is 11.6 Å². The van der Waals surface area contributed by atoms with Crippen molar-refractivity contribution in [2.45, 2.75) is 13.5 Å². The van der Waals surface area contributed by atoms with Crippen LogP contribution in [0.15, 0.2) is 68.7 Å². The number of benzene rings is 2. The van der Waals surface area contributed by atoms with E-state index in [0.717, 1.165) is 16.7 Å². The van der Waals surface area contributed by atoms with E-state index in [-0.39, 0.29) is 18.0 Å². The van der Waals surface area contributed by atoms with E-state index in [1.807, 2.05) is 43.3 Å². The third kappa shape index (κ3) is 2.86. The molecule has 0 fully saturated rings. The molecule has 0 N–H and O–H groups in total. The third-order valence-electron chi connectivity index (χ3n) is 5.14. The highest BCUT2D eigenvalue weighted by atomic mass is 35.5. The summed E-state index contributed by atoms with van der Waals surface area (Å²) in [4.78, 5) is 30.5. The standard InChI is InChI=1S/C22H17ClN4O3/c1-13-4-3-5-14(10-13)11-27-20(28)18-19(25(2)22(27)29)24-21-26(18)12-17(30-21)15-6-8-16(23)9-7-15/h3-10,12H,11H2,1-2H3. The number of halogens is 1. The average molecular weight is 421 g/mol. The van der Waals surface area contributed by atoms with Gasteiger partial charge in [-0.25, -0.2) is 4.79 Å². The SMILES string of the molecule is Cc1cccc(Cn2c(=O)c3c(nc4oc(-c5ccc(Cl)cc5)cn43)n(C)c2=O)c1. The lowest BCUT2D eigenvalue weighted by Gasteiger charge is -2.08. The van der Waals surface area contributed by atoms with Crippen LogP contribution in [-0.2, 0) is 13.6 Å². The number of nitrogens with zero attached hydrogens (tertiary/aromatic N) is 4. The Labute approximate surface area is 175 Å². The van der Waals surface area contributed by atoms with Gasteiger partial charge in [0.15, 0.2) is 16.9 Å². The summed E-state index contributed by atoms with van der Waals surface area (Å²) in [5, 5.41) is 0.620. The molecule has 0 saturated carbocycles. The van der Waals surface area contributed by atoms with Crippen LogP contribution in [0.3, 0.4) is 0 Å². The van der Waals surface area contributed by atoms with Crippen LogP contribution in [0.25, 0.3) is 28.3 Å². The minimum atomic E-state index is -0.423. The lowest BCUT2D eigenvalue weighted by atomic mass is 10.1. The molecule has 0 radical (unpaired) electrons.